The average molecular weight is 243 g/mol. The number of hydrogen-bond donors (Lipinski definition) is 1. The Morgan fingerprint density at radius 1 is 1.24 bits per heavy atom. The normalized spacial score (nSPS) is 14.6. The van der Waals surface area contributed by atoms with Crippen molar-refractivity contribution in [3.05, 3.63) is 35.4 Å². The fourth-order valence-electron chi connectivity index (χ4n) is 1.73. The van der Waals surface area contributed by atoms with Crippen LogP contribution in [0.15, 0.2) is 18.2 Å². The van der Waals surface area contributed by atoms with E-state index < -0.39 is 11.6 Å². The molecule has 0 aliphatic heterocycles. The van der Waals surface area contributed by atoms with E-state index in [2.05, 4.69) is 5.32 Å². The van der Waals surface area contributed by atoms with E-state index in [4.69, 9.17) is 4.74 Å². The lowest BCUT2D eigenvalue weighted by Gasteiger charge is -2.18. The maximum absolute atomic E-state index is 13.1. The van der Waals surface area contributed by atoms with Gasteiger partial charge in [0.05, 0.1) is 6.10 Å². The van der Waals surface area contributed by atoms with Crippen LogP contribution in [-0.4, -0.2) is 20.3 Å². The first-order valence-electron chi connectivity index (χ1n) is 5.73. The standard InChI is InChI=1S/C13H19F2NO/c1-9(17-3)4-7-13(16-2)10-5-6-11(14)12(15)8-10/h5-6,8-9,13,16H,4,7H2,1-3H3. The molecule has 0 saturated heterocycles. The highest BCUT2D eigenvalue weighted by Crippen LogP contribution is 2.21. The molecule has 0 amide bonds. The Bertz CT molecular complexity index is 357. The molecule has 0 saturated carbocycles. The van der Waals surface area contributed by atoms with Crippen molar-refractivity contribution in [1.29, 1.82) is 0 Å². The number of benzene rings is 1. The average Bonchev–Trinajstić information content (AvgIpc) is 2.33. The van der Waals surface area contributed by atoms with Gasteiger partial charge in [0.25, 0.3) is 0 Å². The zero-order chi connectivity index (χ0) is 12.8. The van der Waals surface area contributed by atoms with E-state index in [0.29, 0.717) is 0 Å². The van der Waals surface area contributed by atoms with Crippen LogP contribution in [0.3, 0.4) is 0 Å². The third-order valence-electron chi connectivity index (χ3n) is 2.96. The quantitative estimate of drug-likeness (QED) is 0.829. The van der Waals surface area contributed by atoms with E-state index in [0.717, 1.165) is 24.5 Å². The molecule has 4 heteroatoms. The first-order valence-corrected chi connectivity index (χ1v) is 5.73. The van der Waals surface area contributed by atoms with Crippen LogP contribution in [-0.2, 0) is 4.74 Å². The van der Waals surface area contributed by atoms with Crippen molar-refractivity contribution >= 4 is 0 Å². The monoisotopic (exact) mass is 243 g/mol. The molecule has 0 fully saturated rings. The molecule has 2 nitrogen and oxygen atoms in total. The van der Waals surface area contributed by atoms with Crippen molar-refractivity contribution in [2.24, 2.45) is 0 Å². The summed E-state index contributed by atoms with van der Waals surface area (Å²) in [6, 6.07) is 4.03. The topological polar surface area (TPSA) is 21.3 Å². The van der Waals surface area contributed by atoms with Gasteiger partial charge in [-0.15, -0.1) is 0 Å². The lowest BCUT2D eigenvalue weighted by Crippen LogP contribution is -2.19. The molecule has 0 aromatic heterocycles. The van der Waals surface area contributed by atoms with Gasteiger partial charge in [0.15, 0.2) is 11.6 Å². The summed E-state index contributed by atoms with van der Waals surface area (Å²) in [7, 11) is 3.47. The van der Waals surface area contributed by atoms with Gasteiger partial charge in [-0.1, -0.05) is 6.07 Å². The van der Waals surface area contributed by atoms with E-state index in [1.165, 1.54) is 6.07 Å². The smallest absolute Gasteiger partial charge is 0.159 e. The van der Waals surface area contributed by atoms with E-state index >= 15 is 0 Å². The Hall–Kier alpha value is -1.00. The molecule has 1 rings (SSSR count). The number of ether oxygens (including phenoxy) is 1. The second-order valence-electron chi connectivity index (χ2n) is 4.14. The molecular formula is C13H19F2NO. The summed E-state index contributed by atoms with van der Waals surface area (Å²) < 4.78 is 31.1. The van der Waals surface area contributed by atoms with Gasteiger partial charge >= 0.3 is 0 Å². The van der Waals surface area contributed by atoms with Crippen LogP contribution >= 0.6 is 0 Å². The SMILES string of the molecule is CNC(CCC(C)OC)c1ccc(F)c(F)c1. The van der Waals surface area contributed by atoms with Gasteiger partial charge in [0, 0.05) is 13.2 Å². The van der Waals surface area contributed by atoms with Gasteiger partial charge in [0.2, 0.25) is 0 Å². The summed E-state index contributed by atoms with van der Waals surface area (Å²) in [6.45, 7) is 1.98. The summed E-state index contributed by atoms with van der Waals surface area (Å²) >= 11 is 0. The number of nitrogens with one attached hydrogen (secondary N) is 1. The van der Waals surface area contributed by atoms with Crippen LogP contribution in [0.25, 0.3) is 0 Å². The Morgan fingerprint density at radius 2 is 1.94 bits per heavy atom. The zero-order valence-corrected chi connectivity index (χ0v) is 10.5. The first-order chi connectivity index (χ1) is 8.08. The summed E-state index contributed by atoms with van der Waals surface area (Å²) in [5.74, 6) is -1.61. The number of rotatable bonds is 6. The molecule has 0 radical (unpaired) electrons. The predicted molar refractivity (Wildman–Crippen MR) is 63.9 cm³/mol. The van der Waals surface area contributed by atoms with Crippen molar-refractivity contribution in [3.63, 3.8) is 0 Å². The molecular weight excluding hydrogens is 224 g/mol. The van der Waals surface area contributed by atoms with E-state index in [9.17, 15) is 8.78 Å². The molecule has 2 unspecified atom stereocenters. The zero-order valence-electron chi connectivity index (χ0n) is 10.5. The van der Waals surface area contributed by atoms with Crippen molar-refractivity contribution in [2.75, 3.05) is 14.2 Å². The summed E-state index contributed by atoms with van der Waals surface area (Å²) in [4.78, 5) is 0. The summed E-state index contributed by atoms with van der Waals surface area (Å²) in [5, 5.41) is 3.10. The molecule has 1 aromatic rings. The third kappa shape index (κ3) is 4.06. The highest BCUT2D eigenvalue weighted by atomic mass is 19.2. The number of hydrogen-bond acceptors (Lipinski definition) is 2. The van der Waals surface area contributed by atoms with Crippen LogP contribution in [0.4, 0.5) is 8.78 Å². The maximum Gasteiger partial charge on any atom is 0.159 e. The van der Waals surface area contributed by atoms with E-state index in [-0.39, 0.29) is 12.1 Å². The van der Waals surface area contributed by atoms with Crippen LogP contribution in [0, 0.1) is 11.6 Å². The van der Waals surface area contributed by atoms with E-state index in [1.54, 1.807) is 13.2 Å². The van der Waals surface area contributed by atoms with Crippen molar-refractivity contribution in [2.45, 2.75) is 31.9 Å². The van der Waals surface area contributed by atoms with Crippen LogP contribution in [0.2, 0.25) is 0 Å². The highest BCUT2D eigenvalue weighted by molar-refractivity contribution is 5.21. The number of halogens is 2. The van der Waals surface area contributed by atoms with Gasteiger partial charge in [-0.3, -0.25) is 0 Å². The predicted octanol–water partition coefficient (Wildman–Crippen LogP) is 3.04. The molecule has 1 N–H and O–H groups in total. The molecule has 1 aromatic carbocycles. The Kier molecular flexibility index (Phi) is 5.51. The molecule has 2 atom stereocenters. The molecule has 0 heterocycles. The molecule has 17 heavy (non-hydrogen) atoms. The Labute approximate surface area is 101 Å². The third-order valence-corrected chi connectivity index (χ3v) is 2.96. The minimum absolute atomic E-state index is 0.0164. The molecule has 0 aliphatic rings. The second-order valence-corrected chi connectivity index (χ2v) is 4.14. The molecule has 96 valence electrons. The van der Waals surface area contributed by atoms with Gasteiger partial charge < -0.3 is 10.1 Å². The Morgan fingerprint density at radius 3 is 2.47 bits per heavy atom. The van der Waals surface area contributed by atoms with Gasteiger partial charge in [-0.05, 0) is 44.5 Å². The molecule has 0 aliphatic carbocycles. The highest BCUT2D eigenvalue weighted by Gasteiger charge is 2.13. The van der Waals surface area contributed by atoms with E-state index in [1.807, 2.05) is 14.0 Å². The lowest BCUT2D eigenvalue weighted by atomic mass is 10.0. The molecule has 0 spiro atoms. The van der Waals surface area contributed by atoms with Gasteiger partial charge in [-0.25, -0.2) is 8.78 Å². The summed E-state index contributed by atoms with van der Waals surface area (Å²) in [5.41, 5.74) is 0.759. The first kappa shape index (κ1) is 14.1. The maximum atomic E-state index is 13.1. The van der Waals surface area contributed by atoms with Gasteiger partial charge in [-0.2, -0.15) is 0 Å². The minimum Gasteiger partial charge on any atom is -0.382 e. The van der Waals surface area contributed by atoms with Gasteiger partial charge in [0.1, 0.15) is 0 Å². The largest absolute Gasteiger partial charge is 0.382 e. The number of methoxy groups -OCH3 is 1. The minimum atomic E-state index is -0.811. The van der Waals surface area contributed by atoms with Crippen molar-refractivity contribution in [1.82, 2.24) is 5.32 Å². The van der Waals surface area contributed by atoms with Crippen LogP contribution in [0.5, 0.6) is 0 Å². The fraction of sp³-hybridized carbons (Fsp3) is 0.538. The molecule has 0 bridgehead atoms. The summed E-state index contributed by atoms with van der Waals surface area (Å²) in [6.07, 6.45) is 1.84. The fourth-order valence-corrected chi connectivity index (χ4v) is 1.73. The van der Waals surface area contributed by atoms with Crippen molar-refractivity contribution in [3.8, 4) is 0 Å². The van der Waals surface area contributed by atoms with Crippen LogP contribution < -0.4 is 5.32 Å². The lowest BCUT2D eigenvalue weighted by molar-refractivity contribution is 0.106. The Balaban J connectivity index is 2.69. The van der Waals surface area contributed by atoms with Crippen molar-refractivity contribution < 1.29 is 13.5 Å². The van der Waals surface area contributed by atoms with Crippen LogP contribution in [0.1, 0.15) is 31.4 Å². The second kappa shape index (κ2) is 6.67.